The van der Waals surface area contributed by atoms with E-state index < -0.39 is 0 Å². The molecule has 0 spiro atoms. The van der Waals surface area contributed by atoms with Crippen molar-refractivity contribution >= 4 is 11.0 Å². The first-order chi connectivity index (χ1) is 9.18. The van der Waals surface area contributed by atoms with Gasteiger partial charge in [0.15, 0.2) is 5.82 Å². The third kappa shape index (κ3) is 1.86. The summed E-state index contributed by atoms with van der Waals surface area (Å²) in [5.41, 5.74) is 1.48. The zero-order valence-corrected chi connectivity index (χ0v) is 11.5. The van der Waals surface area contributed by atoms with Crippen LogP contribution in [0, 0.1) is 5.82 Å². The standard InChI is InChI=1S/C15H20FN3/c1-3-15(7-9-17-10-8-15)14-18-13-11(16)5-4-6-12(13)19(14)2/h4-6,17H,3,7-10H2,1-2H3. The molecule has 102 valence electrons. The highest BCUT2D eigenvalue weighted by Gasteiger charge is 2.36. The molecule has 1 aliphatic rings. The molecule has 0 saturated carbocycles. The van der Waals surface area contributed by atoms with Crippen LogP contribution in [-0.4, -0.2) is 22.6 Å². The minimum atomic E-state index is -0.223. The lowest BCUT2D eigenvalue weighted by Gasteiger charge is -2.36. The van der Waals surface area contributed by atoms with Crippen molar-refractivity contribution in [3.8, 4) is 0 Å². The fourth-order valence-electron chi connectivity index (χ4n) is 3.30. The van der Waals surface area contributed by atoms with Crippen molar-refractivity contribution in [2.45, 2.75) is 31.6 Å². The summed E-state index contributed by atoms with van der Waals surface area (Å²) in [7, 11) is 2.00. The summed E-state index contributed by atoms with van der Waals surface area (Å²) in [6, 6.07) is 5.18. The van der Waals surface area contributed by atoms with Gasteiger partial charge in [-0.2, -0.15) is 0 Å². The highest BCUT2D eigenvalue weighted by atomic mass is 19.1. The molecule has 0 amide bonds. The van der Waals surface area contributed by atoms with Crippen LogP contribution in [0.25, 0.3) is 11.0 Å². The monoisotopic (exact) mass is 261 g/mol. The van der Waals surface area contributed by atoms with Crippen molar-refractivity contribution in [2.75, 3.05) is 13.1 Å². The minimum absolute atomic E-state index is 0.0888. The second-order valence-electron chi connectivity index (χ2n) is 5.49. The molecule has 19 heavy (non-hydrogen) atoms. The molecule has 1 aliphatic heterocycles. The van der Waals surface area contributed by atoms with Gasteiger partial charge in [0.05, 0.1) is 5.52 Å². The first kappa shape index (κ1) is 12.6. The largest absolute Gasteiger partial charge is 0.331 e. The third-order valence-electron chi connectivity index (χ3n) is 4.57. The number of aryl methyl sites for hydroxylation is 1. The topological polar surface area (TPSA) is 29.9 Å². The smallest absolute Gasteiger partial charge is 0.151 e. The second kappa shape index (κ2) is 4.60. The molecule has 0 aliphatic carbocycles. The van der Waals surface area contributed by atoms with E-state index in [2.05, 4.69) is 21.8 Å². The third-order valence-corrected chi connectivity index (χ3v) is 4.57. The summed E-state index contributed by atoms with van der Waals surface area (Å²) < 4.78 is 16.0. The van der Waals surface area contributed by atoms with Crippen LogP contribution in [0.15, 0.2) is 18.2 Å². The number of fused-ring (bicyclic) bond motifs is 1. The molecule has 0 bridgehead atoms. The van der Waals surface area contributed by atoms with E-state index in [9.17, 15) is 4.39 Å². The van der Waals surface area contributed by atoms with E-state index in [0.717, 1.165) is 43.7 Å². The number of aromatic nitrogens is 2. The van der Waals surface area contributed by atoms with Crippen molar-refractivity contribution < 1.29 is 4.39 Å². The summed E-state index contributed by atoms with van der Waals surface area (Å²) in [6.07, 6.45) is 3.19. The van der Waals surface area contributed by atoms with Gasteiger partial charge in [0, 0.05) is 12.5 Å². The van der Waals surface area contributed by atoms with Gasteiger partial charge in [-0.3, -0.25) is 0 Å². The number of hydrogen-bond acceptors (Lipinski definition) is 2. The number of hydrogen-bond donors (Lipinski definition) is 1. The molecule has 1 aromatic carbocycles. The lowest BCUT2D eigenvalue weighted by molar-refractivity contribution is 0.277. The Labute approximate surface area is 112 Å². The molecule has 2 heterocycles. The first-order valence-corrected chi connectivity index (χ1v) is 7.00. The first-order valence-electron chi connectivity index (χ1n) is 7.00. The molecule has 2 aromatic rings. The van der Waals surface area contributed by atoms with Crippen molar-refractivity contribution in [3.05, 3.63) is 29.8 Å². The molecular weight excluding hydrogens is 241 g/mol. The molecule has 4 heteroatoms. The summed E-state index contributed by atoms with van der Waals surface area (Å²) in [5.74, 6) is 0.816. The van der Waals surface area contributed by atoms with Gasteiger partial charge in [-0.25, -0.2) is 9.37 Å². The quantitative estimate of drug-likeness (QED) is 0.901. The highest BCUT2D eigenvalue weighted by Crippen LogP contribution is 2.37. The normalized spacial score (nSPS) is 18.9. The van der Waals surface area contributed by atoms with Gasteiger partial charge in [0.2, 0.25) is 0 Å². The molecule has 1 N–H and O–H groups in total. The van der Waals surface area contributed by atoms with Crippen LogP contribution >= 0.6 is 0 Å². The number of nitrogens with one attached hydrogen (secondary N) is 1. The zero-order valence-electron chi connectivity index (χ0n) is 11.5. The van der Waals surface area contributed by atoms with Gasteiger partial charge in [0.1, 0.15) is 11.3 Å². The van der Waals surface area contributed by atoms with Crippen LogP contribution < -0.4 is 5.32 Å². The average Bonchev–Trinajstić information content (AvgIpc) is 2.79. The maximum Gasteiger partial charge on any atom is 0.151 e. The van der Waals surface area contributed by atoms with Crippen molar-refractivity contribution in [2.24, 2.45) is 7.05 Å². The van der Waals surface area contributed by atoms with Gasteiger partial charge >= 0.3 is 0 Å². The number of benzene rings is 1. The van der Waals surface area contributed by atoms with Crippen LogP contribution in [0.1, 0.15) is 32.0 Å². The van der Waals surface area contributed by atoms with Gasteiger partial charge in [-0.1, -0.05) is 13.0 Å². The lowest BCUT2D eigenvalue weighted by Crippen LogP contribution is -2.41. The van der Waals surface area contributed by atoms with Gasteiger partial charge in [-0.05, 0) is 44.5 Å². The Morgan fingerprint density at radius 3 is 2.74 bits per heavy atom. The number of rotatable bonds is 2. The molecule has 0 unspecified atom stereocenters. The van der Waals surface area contributed by atoms with Crippen molar-refractivity contribution in [3.63, 3.8) is 0 Å². The van der Waals surface area contributed by atoms with E-state index in [4.69, 9.17) is 0 Å². The summed E-state index contributed by atoms with van der Waals surface area (Å²) in [6.45, 7) is 4.24. The van der Waals surface area contributed by atoms with Crippen molar-refractivity contribution in [1.82, 2.24) is 14.9 Å². The second-order valence-corrected chi connectivity index (χ2v) is 5.49. The van der Waals surface area contributed by atoms with Crippen LogP contribution in [0.4, 0.5) is 4.39 Å². The fraction of sp³-hybridized carbons (Fsp3) is 0.533. The Hall–Kier alpha value is -1.42. The van der Waals surface area contributed by atoms with E-state index >= 15 is 0 Å². The average molecular weight is 261 g/mol. The van der Waals surface area contributed by atoms with E-state index in [1.54, 1.807) is 6.07 Å². The zero-order chi connectivity index (χ0) is 13.5. The van der Waals surface area contributed by atoms with Crippen molar-refractivity contribution in [1.29, 1.82) is 0 Å². The molecular formula is C15H20FN3. The fourth-order valence-corrected chi connectivity index (χ4v) is 3.30. The molecule has 0 atom stereocenters. The summed E-state index contributed by atoms with van der Waals surface area (Å²) >= 11 is 0. The van der Waals surface area contributed by atoms with E-state index in [1.165, 1.54) is 6.07 Å². The van der Waals surface area contributed by atoms with Crippen LogP contribution in [-0.2, 0) is 12.5 Å². The van der Waals surface area contributed by atoms with Crippen LogP contribution in [0.3, 0.4) is 0 Å². The maximum atomic E-state index is 13.9. The van der Waals surface area contributed by atoms with E-state index in [-0.39, 0.29) is 11.2 Å². The lowest BCUT2D eigenvalue weighted by atomic mass is 9.76. The predicted octanol–water partition coefficient (Wildman–Crippen LogP) is 2.74. The number of piperidine rings is 1. The molecule has 1 aromatic heterocycles. The van der Waals surface area contributed by atoms with Gasteiger partial charge < -0.3 is 9.88 Å². The molecule has 3 rings (SSSR count). The van der Waals surface area contributed by atoms with Gasteiger partial charge in [-0.15, -0.1) is 0 Å². The molecule has 1 fully saturated rings. The molecule has 3 nitrogen and oxygen atoms in total. The number of nitrogens with zero attached hydrogens (tertiary/aromatic N) is 2. The van der Waals surface area contributed by atoms with Gasteiger partial charge in [0.25, 0.3) is 0 Å². The maximum absolute atomic E-state index is 13.9. The number of halogens is 1. The minimum Gasteiger partial charge on any atom is -0.331 e. The van der Waals surface area contributed by atoms with E-state index in [1.807, 2.05) is 13.1 Å². The molecule has 0 radical (unpaired) electrons. The van der Waals surface area contributed by atoms with E-state index in [0.29, 0.717) is 5.52 Å². The number of imidazole rings is 1. The Morgan fingerprint density at radius 2 is 2.11 bits per heavy atom. The Bertz CT molecular complexity index is 597. The molecule has 1 saturated heterocycles. The Kier molecular flexibility index (Phi) is 3.05. The van der Waals surface area contributed by atoms with Crippen LogP contribution in [0.5, 0.6) is 0 Å². The Balaban J connectivity index is 2.18. The summed E-state index contributed by atoms with van der Waals surface area (Å²) in [5, 5.41) is 3.40. The number of para-hydroxylation sites is 1. The SMILES string of the molecule is CCC1(c2nc3c(F)cccc3n2C)CCNCC1. The summed E-state index contributed by atoms with van der Waals surface area (Å²) in [4.78, 5) is 4.64. The highest BCUT2D eigenvalue weighted by molar-refractivity contribution is 5.76. The van der Waals surface area contributed by atoms with Crippen LogP contribution in [0.2, 0.25) is 0 Å². The predicted molar refractivity (Wildman–Crippen MR) is 74.7 cm³/mol. The Morgan fingerprint density at radius 1 is 1.37 bits per heavy atom.